The summed E-state index contributed by atoms with van der Waals surface area (Å²) in [4.78, 5) is 8.50. The quantitative estimate of drug-likeness (QED) is 0.851. The average molecular weight is 244 g/mol. The van der Waals surface area contributed by atoms with Crippen LogP contribution in [0.25, 0.3) is 0 Å². The lowest BCUT2D eigenvalue weighted by Gasteiger charge is -2.22. The van der Waals surface area contributed by atoms with Gasteiger partial charge in [-0.2, -0.15) is 0 Å². The van der Waals surface area contributed by atoms with E-state index in [2.05, 4.69) is 15.3 Å². The van der Waals surface area contributed by atoms with E-state index in [1.807, 2.05) is 27.7 Å². The summed E-state index contributed by atoms with van der Waals surface area (Å²) >= 11 is 5.97. The molecule has 1 aromatic rings. The van der Waals surface area contributed by atoms with Gasteiger partial charge in [-0.05, 0) is 13.8 Å². The lowest BCUT2D eigenvalue weighted by Crippen LogP contribution is -2.27. The van der Waals surface area contributed by atoms with Gasteiger partial charge in [0, 0.05) is 18.6 Å². The summed E-state index contributed by atoms with van der Waals surface area (Å²) in [6.07, 6.45) is 0. The smallest absolute Gasteiger partial charge is 0.171 e. The Hall–Kier alpha value is -0.870. The summed E-state index contributed by atoms with van der Waals surface area (Å²) < 4.78 is 0. The molecule has 16 heavy (non-hydrogen) atoms. The average Bonchev–Trinajstić information content (AvgIpc) is 2.22. The van der Waals surface area contributed by atoms with Crippen LogP contribution in [0.5, 0.6) is 0 Å². The van der Waals surface area contributed by atoms with Crippen LogP contribution in [0.15, 0.2) is 0 Å². The molecule has 5 heteroatoms. The first kappa shape index (κ1) is 13.2. The minimum atomic E-state index is -0.205. The molecular weight excluding hydrogens is 226 g/mol. The first-order valence-electron chi connectivity index (χ1n) is 5.21. The van der Waals surface area contributed by atoms with E-state index < -0.39 is 0 Å². The molecule has 0 spiro atoms. The van der Waals surface area contributed by atoms with Crippen molar-refractivity contribution in [2.24, 2.45) is 5.41 Å². The first-order valence-corrected chi connectivity index (χ1v) is 5.59. The SMILES string of the molecule is Cc1nc(Cl)c(NCC(C)(C)CO)nc1C. The molecule has 0 saturated carbocycles. The van der Waals surface area contributed by atoms with E-state index in [1.54, 1.807) is 0 Å². The fraction of sp³-hybridized carbons (Fsp3) is 0.636. The molecule has 0 fully saturated rings. The molecule has 0 aromatic carbocycles. The molecule has 0 bridgehead atoms. The molecule has 90 valence electrons. The Morgan fingerprint density at radius 3 is 2.38 bits per heavy atom. The van der Waals surface area contributed by atoms with Crippen LogP contribution < -0.4 is 5.32 Å². The van der Waals surface area contributed by atoms with Gasteiger partial charge in [0.25, 0.3) is 0 Å². The third-order valence-electron chi connectivity index (χ3n) is 2.43. The van der Waals surface area contributed by atoms with Crippen molar-refractivity contribution in [1.29, 1.82) is 0 Å². The van der Waals surface area contributed by atoms with Crippen LogP contribution in [0.1, 0.15) is 25.2 Å². The number of halogens is 1. The normalized spacial score (nSPS) is 11.6. The van der Waals surface area contributed by atoms with Gasteiger partial charge < -0.3 is 10.4 Å². The molecule has 0 amide bonds. The molecule has 0 radical (unpaired) electrons. The van der Waals surface area contributed by atoms with Gasteiger partial charge in [-0.1, -0.05) is 25.4 Å². The molecule has 0 atom stereocenters. The minimum absolute atomic E-state index is 0.107. The van der Waals surface area contributed by atoms with Gasteiger partial charge in [-0.3, -0.25) is 0 Å². The first-order chi connectivity index (χ1) is 7.35. The number of rotatable bonds is 4. The highest BCUT2D eigenvalue weighted by Crippen LogP contribution is 2.21. The van der Waals surface area contributed by atoms with Gasteiger partial charge >= 0.3 is 0 Å². The number of aliphatic hydroxyl groups excluding tert-OH is 1. The molecule has 0 saturated heterocycles. The van der Waals surface area contributed by atoms with E-state index in [9.17, 15) is 0 Å². The van der Waals surface area contributed by atoms with Gasteiger partial charge in [0.1, 0.15) is 0 Å². The number of anilines is 1. The number of aromatic nitrogens is 2. The van der Waals surface area contributed by atoms with E-state index in [-0.39, 0.29) is 12.0 Å². The van der Waals surface area contributed by atoms with Crippen LogP contribution in [0.4, 0.5) is 5.82 Å². The number of aryl methyl sites for hydroxylation is 2. The lowest BCUT2D eigenvalue weighted by molar-refractivity contribution is 0.170. The van der Waals surface area contributed by atoms with Crippen LogP contribution >= 0.6 is 11.6 Å². The summed E-state index contributed by atoms with van der Waals surface area (Å²) in [6.45, 7) is 8.39. The minimum Gasteiger partial charge on any atom is -0.396 e. The standard InChI is InChI=1S/C11H18ClN3O/c1-7-8(2)15-10(9(12)14-7)13-5-11(3,4)6-16/h16H,5-6H2,1-4H3,(H,13,15). The van der Waals surface area contributed by atoms with Crippen LogP contribution in [0.3, 0.4) is 0 Å². The molecule has 1 heterocycles. The highest BCUT2D eigenvalue weighted by atomic mass is 35.5. The highest BCUT2D eigenvalue weighted by molar-refractivity contribution is 6.31. The largest absolute Gasteiger partial charge is 0.396 e. The Balaban J connectivity index is 2.79. The van der Waals surface area contributed by atoms with Crippen molar-refractivity contribution >= 4 is 17.4 Å². The van der Waals surface area contributed by atoms with Gasteiger partial charge in [0.15, 0.2) is 11.0 Å². The topological polar surface area (TPSA) is 58.0 Å². The maximum Gasteiger partial charge on any atom is 0.171 e. The Labute approximate surface area is 101 Å². The van der Waals surface area contributed by atoms with E-state index in [0.717, 1.165) is 11.4 Å². The van der Waals surface area contributed by atoms with Crippen LogP contribution in [-0.2, 0) is 0 Å². The van der Waals surface area contributed by atoms with Crippen molar-refractivity contribution in [2.75, 3.05) is 18.5 Å². The zero-order valence-corrected chi connectivity index (χ0v) is 10.9. The number of hydrogen-bond donors (Lipinski definition) is 2. The van der Waals surface area contributed by atoms with Crippen molar-refractivity contribution in [3.05, 3.63) is 16.5 Å². The second kappa shape index (κ2) is 4.97. The summed E-state index contributed by atoms with van der Waals surface area (Å²) in [7, 11) is 0. The molecule has 1 aromatic heterocycles. The molecule has 1 rings (SSSR count). The summed E-state index contributed by atoms with van der Waals surface area (Å²) in [6, 6.07) is 0. The van der Waals surface area contributed by atoms with E-state index >= 15 is 0 Å². The van der Waals surface area contributed by atoms with Crippen molar-refractivity contribution in [2.45, 2.75) is 27.7 Å². The van der Waals surface area contributed by atoms with Crippen molar-refractivity contribution < 1.29 is 5.11 Å². The van der Waals surface area contributed by atoms with Crippen molar-refractivity contribution in [1.82, 2.24) is 9.97 Å². The predicted octanol–water partition coefficient (Wildman–Crippen LogP) is 2.18. The molecule has 0 unspecified atom stereocenters. The van der Waals surface area contributed by atoms with E-state index in [1.165, 1.54) is 0 Å². The van der Waals surface area contributed by atoms with Crippen LogP contribution in [-0.4, -0.2) is 28.2 Å². The molecule has 0 aliphatic rings. The maximum atomic E-state index is 9.13. The fourth-order valence-electron chi connectivity index (χ4n) is 1.07. The van der Waals surface area contributed by atoms with E-state index in [0.29, 0.717) is 17.5 Å². The molecule has 0 aliphatic heterocycles. The summed E-state index contributed by atoms with van der Waals surface area (Å²) in [5.41, 5.74) is 1.48. The fourth-order valence-corrected chi connectivity index (χ4v) is 1.30. The third-order valence-corrected chi connectivity index (χ3v) is 2.69. The summed E-state index contributed by atoms with van der Waals surface area (Å²) in [5.74, 6) is 0.575. The number of aliphatic hydroxyl groups is 1. The Kier molecular flexibility index (Phi) is 4.10. The maximum absolute atomic E-state index is 9.13. The number of nitrogens with one attached hydrogen (secondary N) is 1. The van der Waals surface area contributed by atoms with Gasteiger partial charge in [0.05, 0.1) is 11.4 Å². The van der Waals surface area contributed by atoms with Crippen LogP contribution in [0.2, 0.25) is 5.15 Å². The predicted molar refractivity (Wildman–Crippen MR) is 65.9 cm³/mol. The van der Waals surface area contributed by atoms with Crippen molar-refractivity contribution in [3.8, 4) is 0 Å². The third kappa shape index (κ3) is 3.32. The monoisotopic (exact) mass is 243 g/mol. The molecule has 2 N–H and O–H groups in total. The summed E-state index contributed by atoms with van der Waals surface area (Å²) in [5, 5.41) is 12.6. The van der Waals surface area contributed by atoms with Gasteiger partial charge in [-0.25, -0.2) is 9.97 Å². The van der Waals surface area contributed by atoms with Gasteiger partial charge in [0.2, 0.25) is 0 Å². The van der Waals surface area contributed by atoms with Crippen molar-refractivity contribution in [3.63, 3.8) is 0 Å². The zero-order valence-electron chi connectivity index (χ0n) is 10.1. The number of hydrogen-bond acceptors (Lipinski definition) is 4. The second-order valence-corrected chi connectivity index (χ2v) is 5.07. The molecule has 0 aliphatic carbocycles. The number of nitrogens with zero attached hydrogens (tertiary/aromatic N) is 2. The van der Waals surface area contributed by atoms with E-state index in [4.69, 9.17) is 16.7 Å². The van der Waals surface area contributed by atoms with Gasteiger partial charge in [-0.15, -0.1) is 0 Å². The Morgan fingerprint density at radius 1 is 1.25 bits per heavy atom. The molecular formula is C11H18ClN3O. The zero-order chi connectivity index (χ0) is 12.3. The highest BCUT2D eigenvalue weighted by Gasteiger charge is 2.17. The second-order valence-electron chi connectivity index (χ2n) is 4.71. The lowest BCUT2D eigenvalue weighted by atomic mass is 9.95. The Bertz CT molecular complexity index is 380. The molecule has 4 nitrogen and oxygen atoms in total. The Morgan fingerprint density at radius 2 is 1.81 bits per heavy atom. The van der Waals surface area contributed by atoms with Crippen LogP contribution in [0, 0.1) is 19.3 Å².